The molecule has 1 aliphatic rings. The highest BCUT2D eigenvalue weighted by Gasteiger charge is 2.45. The van der Waals surface area contributed by atoms with Gasteiger partial charge in [-0.3, -0.25) is 19.1 Å². The molecule has 1 aliphatic heterocycles. The van der Waals surface area contributed by atoms with Crippen LogP contribution in [-0.2, 0) is 16.2 Å². The highest BCUT2D eigenvalue weighted by Crippen LogP contribution is 2.23. The fraction of sp³-hybridized carbons (Fsp3) is 0.273. The molecule has 2 aromatic carbocycles. The molecule has 1 aromatic heterocycles. The lowest BCUT2D eigenvalue weighted by Gasteiger charge is -2.27. The second-order valence-corrected chi connectivity index (χ2v) is 7.95. The van der Waals surface area contributed by atoms with E-state index in [0.29, 0.717) is 6.54 Å². The van der Waals surface area contributed by atoms with Crippen molar-refractivity contribution in [1.29, 1.82) is 0 Å². The Kier molecular flexibility index (Phi) is 6.63. The van der Waals surface area contributed by atoms with Crippen molar-refractivity contribution in [1.82, 2.24) is 19.9 Å². The van der Waals surface area contributed by atoms with Crippen LogP contribution in [-0.4, -0.2) is 51.8 Å². The van der Waals surface area contributed by atoms with Gasteiger partial charge in [-0.15, -0.1) is 0 Å². The van der Waals surface area contributed by atoms with Gasteiger partial charge in [-0.05, 0) is 42.8 Å². The summed E-state index contributed by atoms with van der Waals surface area (Å²) in [6.07, 6.45) is -5.27. The minimum absolute atomic E-state index is 0.00374. The van der Waals surface area contributed by atoms with Gasteiger partial charge in [0.25, 0.3) is 11.5 Å². The fourth-order valence-electron chi connectivity index (χ4n) is 3.86. The van der Waals surface area contributed by atoms with E-state index in [4.69, 9.17) is 0 Å². The van der Waals surface area contributed by atoms with Gasteiger partial charge >= 0.3 is 17.8 Å². The van der Waals surface area contributed by atoms with E-state index < -0.39 is 59.1 Å². The summed E-state index contributed by atoms with van der Waals surface area (Å²) in [5.41, 5.74) is -2.80. The Balaban J connectivity index is 1.73. The zero-order valence-electron chi connectivity index (χ0n) is 18.2. The second kappa shape index (κ2) is 9.53. The average Bonchev–Trinajstić information content (AvgIpc) is 3.34. The lowest BCUT2D eigenvalue weighted by atomic mass is 10.1. The molecular formula is C22H17F5N4O5. The largest absolute Gasteiger partial charge is 0.493 e. The van der Waals surface area contributed by atoms with E-state index in [0.717, 1.165) is 22.8 Å². The first-order chi connectivity index (χ1) is 17.0. The fourth-order valence-corrected chi connectivity index (χ4v) is 3.86. The van der Waals surface area contributed by atoms with Crippen molar-refractivity contribution in [2.24, 2.45) is 0 Å². The van der Waals surface area contributed by atoms with Gasteiger partial charge in [0, 0.05) is 6.54 Å². The Morgan fingerprint density at radius 1 is 1.11 bits per heavy atom. The van der Waals surface area contributed by atoms with E-state index in [2.05, 4.69) is 10.2 Å². The van der Waals surface area contributed by atoms with Gasteiger partial charge in [0.15, 0.2) is 0 Å². The summed E-state index contributed by atoms with van der Waals surface area (Å²) in [7, 11) is 0. The number of hydroxylamine groups is 2. The van der Waals surface area contributed by atoms with E-state index in [9.17, 15) is 41.1 Å². The number of H-pyrrole nitrogens is 1. The van der Waals surface area contributed by atoms with E-state index >= 15 is 0 Å². The summed E-state index contributed by atoms with van der Waals surface area (Å²) in [5.74, 6) is -6.02. The van der Waals surface area contributed by atoms with Crippen molar-refractivity contribution < 1.29 is 36.4 Å². The zero-order valence-corrected chi connectivity index (χ0v) is 18.2. The third-order valence-corrected chi connectivity index (χ3v) is 5.55. The molecule has 14 heteroatoms. The Bertz CT molecular complexity index is 1460. The molecular weight excluding hydrogens is 495 g/mol. The standard InChI is InChI=1S/C22H17F5N4O5/c23-15-5-4-11(10-30-17-13(2-1-3-16(17)24)18(32)29-21(30)35)8-14(15)19(33)31(12-6-7-28-9-12)36-20(34)22(25,26)27/h1-5,8,12,28H,6-7,9-10H2,(H,29,32,35). The lowest BCUT2D eigenvalue weighted by molar-refractivity contribution is -0.233. The van der Waals surface area contributed by atoms with Crippen LogP contribution in [0.15, 0.2) is 46.0 Å². The maximum absolute atomic E-state index is 14.6. The number of nitrogens with zero attached hydrogens (tertiary/aromatic N) is 2. The molecule has 1 fully saturated rings. The van der Waals surface area contributed by atoms with Crippen molar-refractivity contribution >= 4 is 22.8 Å². The van der Waals surface area contributed by atoms with Gasteiger partial charge in [-0.2, -0.15) is 18.2 Å². The predicted octanol–water partition coefficient (Wildman–Crippen LogP) is 1.84. The first kappa shape index (κ1) is 25.0. The molecule has 1 saturated heterocycles. The van der Waals surface area contributed by atoms with Crippen molar-refractivity contribution in [3.8, 4) is 0 Å². The number of halogens is 5. The highest BCUT2D eigenvalue weighted by atomic mass is 19.4. The van der Waals surface area contributed by atoms with Gasteiger partial charge in [0.1, 0.15) is 11.6 Å². The molecule has 1 unspecified atom stereocenters. The number of rotatable bonds is 4. The van der Waals surface area contributed by atoms with E-state index in [-0.39, 0.29) is 34.5 Å². The number of aromatic amines is 1. The topological polar surface area (TPSA) is 114 Å². The Labute approximate surface area is 198 Å². The van der Waals surface area contributed by atoms with Crippen LogP contribution in [0.4, 0.5) is 22.0 Å². The molecule has 0 bridgehead atoms. The summed E-state index contributed by atoms with van der Waals surface area (Å²) < 4.78 is 68.3. The number of aromatic nitrogens is 2. The molecule has 0 saturated carbocycles. The number of amides is 1. The number of alkyl halides is 3. The number of nitrogens with one attached hydrogen (secondary N) is 2. The number of hydrogen-bond donors (Lipinski definition) is 2. The smallest absolute Gasteiger partial charge is 0.329 e. The molecule has 0 spiro atoms. The molecule has 190 valence electrons. The van der Waals surface area contributed by atoms with Crippen LogP contribution in [0.5, 0.6) is 0 Å². The molecule has 0 radical (unpaired) electrons. The second-order valence-electron chi connectivity index (χ2n) is 7.95. The quantitative estimate of drug-likeness (QED) is 0.408. The third kappa shape index (κ3) is 4.84. The van der Waals surface area contributed by atoms with Crippen LogP contribution < -0.4 is 16.6 Å². The Hall–Kier alpha value is -4.07. The van der Waals surface area contributed by atoms with Gasteiger partial charge < -0.3 is 10.2 Å². The first-order valence-electron chi connectivity index (χ1n) is 10.5. The van der Waals surface area contributed by atoms with Crippen molar-refractivity contribution in [3.05, 3.63) is 80.0 Å². The predicted molar refractivity (Wildman–Crippen MR) is 114 cm³/mol. The van der Waals surface area contributed by atoms with Crippen LogP contribution in [0.3, 0.4) is 0 Å². The molecule has 1 atom stereocenters. The Morgan fingerprint density at radius 2 is 1.86 bits per heavy atom. The normalized spacial score (nSPS) is 15.8. The minimum Gasteiger partial charge on any atom is -0.329 e. The molecule has 2 heterocycles. The molecule has 3 aromatic rings. The number of carbonyl (C=O) groups is 2. The summed E-state index contributed by atoms with van der Waals surface area (Å²) in [4.78, 5) is 55.3. The molecule has 0 aliphatic carbocycles. The number of benzene rings is 2. The minimum atomic E-state index is -5.40. The van der Waals surface area contributed by atoms with Crippen LogP contribution >= 0.6 is 0 Å². The third-order valence-electron chi connectivity index (χ3n) is 5.55. The highest BCUT2D eigenvalue weighted by molar-refractivity contribution is 5.95. The Morgan fingerprint density at radius 3 is 2.53 bits per heavy atom. The van der Waals surface area contributed by atoms with Gasteiger partial charge in [0.2, 0.25) is 0 Å². The van der Waals surface area contributed by atoms with Gasteiger partial charge in [0.05, 0.1) is 29.1 Å². The van der Waals surface area contributed by atoms with E-state index in [1.54, 1.807) is 0 Å². The zero-order chi connectivity index (χ0) is 26.2. The molecule has 2 N–H and O–H groups in total. The first-order valence-corrected chi connectivity index (χ1v) is 10.5. The van der Waals surface area contributed by atoms with Crippen LogP contribution in [0.2, 0.25) is 0 Å². The number of carbonyl (C=O) groups excluding carboxylic acids is 2. The van der Waals surface area contributed by atoms with Crippen LogP contribution in [0.1, 0.15) is 22.3 Å². The monoisotopic (exact) mass is 512 g/mol. The number of para-hydroxylation sites is 1. The van der Waals surface area contributed by atoms with E-state index in [1.165, 1.54) is 18.2 Å². The molecule has 4 rings (SSSR count). The maximum atomic E-state index is 14.6. The molecule has 36 heavy (non-hydrogen) atoms. The van der Waals surface area contributed by atoms with Crippen molar-refractivity contribution in [2.45, 2.75) is 25.2 Å². The van der Waals surface area contributed by atoms with Crippen molar-refractivity contribution in [3.63, 3.8) is 0 Å². The average molecular weight is 512 g/mol. The summed E-state index contributed by atoms with van der Waals surface area (Å²) in [6, 6.07) is 5.53. The van der Waals surface area contributed by atoms with Gasteiger partial charge in [-0.25, -0.2) is 18.4 Å². The van der Waals surface area contributed by atoms with Gasteiger partial charge in [-0.1, -0.05) is 12.1 Å². The van der Waals surface area contributed by atoms with E-state index in [1.807, 2.05) is 4.98 Å². The SMILES string of the molecule is O=C(c1cc(Cn2c(=O)[nH]c(=O)c3cccc(F)c32)ccc1F)N(OC(=O)C(F)(F)F)C1CCNC1. The molecule has 1 amide bonds. The molecule has 9 nitrogen and oxygen atoms in total. The van der Waals surface area contributed by atoms with Crippen LogP contribution in [0.25, 0.3) is 10.9 Å². The summed E-state index contributed by atoms with van der Waals surface area (Å²) in [6.45, 7) is -0.120. The summed E-state index contributed by atoms with van der Waals surface area (Å²) >= 11 is 0. The number of hydrogen-bond acceptors (Lipinski definition) is 6. The maximum Gasteiger partial charge on any atom is 0.493 e. The lowest BCUT2D eigenvalue weighted by Crippen LogP contribution is -2.45. The summed E-state index contributed by atoms with van der Waals surface area (Å²) in [5, 5.41) is 2.85. The van der Waals surface area contributed by atoms with Crippen molar-refractivity contribution in [2.75, 3.05) is 13.1 Å². The van der Waals surface area contributed by atoms with Crippen LogP contribution in [0, 0.1) is 11.6 Å². The number of fused-ring (bicyclic) bond motifs is 1.